The maximum atomic E-state index is 4.74. The highest BCUT2D eigenvalue weighted by Gasteiger charge is 2.09. The number of nitrogens with one attached hydrogen (secondary N) is 1. The van der Waals surface area contributed by atoms with E-state index < -0.39 is 0 Å². The quantitative estimate of drug-likeness (QED) is 0.792. The first-order valence-electron chi connectivity index (χ1n) is 6.76. The summed E-state index contributed by atoms with van der Waals surface area (Å²) in [6.45, 7) is 4.86. The first-order chi connectivity index (χ1) is 9.69. The van der Waals surface area contributed by atoms with Gasteiger partial charge in [-0.25, -0.2) is 9.67 Å². The van der Waals surface area contributed by atoms with Crippen molar-refractivity contribution in [2.45, 2.75) is 20.4 Å². The van der Waals surface area contributed by atoms with Gasteiger partial charge in [0.25, 0.3) is 0 Å². The van der Waals surface area contributed by atoms with Crippen LogP contribution in [0.4, 0.5) is 0 Å². The number of hydrogen-bond acceptors (Lipinski definition) is 3. The number of rotatable bonds is 3. The summed E-state index contributed by atoms with van der Waals surface area (Å²) >= 11 is 0. The molecule has 0 aliphatic heterocycles. The van der Waals surface area contributed by atoms with Crippen LogP contribution in [0.15, 0.2) is 36.4 Å². The zero-order valence-corrected chi connectivity index (χ0v) is 12.0. The van der Waals surface area contributed by atoms with E-state index in [0.717, 1.165) is 29.3 Å². The molecule has 0 radical (unpaired) electrons. The molecule has 20 heavy (non-hydrogen) atoms. The van der Waals surface area contributed by atoms with Crippen LogP contribution in [0, 0.1) is 13.8 Å². The molecule has 3 rings (SSSR count). The lowest BCUT2D eigenvalue weighted by molar-refractivity contribution is 0.793. The minimum absolute atomic E-state index is 0.815. The number of fused-ring (bicyclic) bond motifs is 1. The van der Waals surface area contributed by atoms with Gasteiger partial charge in [-0.3, -0.25) is 0 Å². The fourth-order valence-corrected chi connectivity index (χ4v) is 2.54. The molecule has 4 nitrogen and oxygen atoms in total. The van der Waals surface area contributed by atoms with Crippen molar-refractivity contribution in [3.63, 3.8) is 0 Å². The molecule has 0 bridgehead atoms. The second-order valence-electron chi connectivity index (χ2n) is 5.03. The van der Waals surface area contributed by atoms with Crippen LogP contribution in [0.1, 0.15) is 17.0 Å². The van der Waals surface area contributed by atoms with E-state index in [2.05, 4.69) is 35.5 Å². The van der Waals surface area contributed by atoms with E-state index in [0.29, 0.717) is 0 Å². The third-order valence-corrected chi connectivity index (χ3v) is 3.38. The molecule has 0 aliphatic carbocycles. The van der Waals surface area contributed by atoms with Crippen molar-refractivity contribution < 1.29 is 0 Å². The monoisotopic (exact) mass is 266 g/mol. The average Bonchev–Trinajstić information content (AvgIpc) is 2.78. The van der Waals surface area contributed by atoms with Crippen molar-refractivity contribution in [2.75, 3.05) is 7.05 Å². The van der Waals surface area contributed by atoms with Crippen LogP contribution in [0.25, 0.3) is 16.7 Å². The summed E-state index contributed by atoms with van der Waals surface area (Å²) in [5.41, 5.74) is 4.34. The largest absolute Gasteiger partial charge is 0.316 e. The van der Waals surface area contributed by atoms with Gasteiger partial charge in [-0.05, 0) is 44.7 Å². The fraction of sp³-hybridized carbons (Fsp3) is 0.250. The summed E-state index contributed by atoms with van der Waals surface area (Å²) in [7, 11) is 1.96. The molecule has 4 heteroatoms. The number of para-hydroxylation sites is 1. The third kappa shape index (κ3) is 2.18. The minimum atomic E-state index is 0.815. The summed E-state index contributed by atoms with van der Waals surface area (Å²) in [5.74, 6) is 0.875. The molecule has 0 spiro atoms. The van der Waals surface area contributed by atoms with Crippen LogP contribution in [0.5, 0.6) is 0 Å². The predicted molar refractivity (Wildman–Crippen MR) is 81.1 cm³/mol. The van der Waals surface area contributed by atoms with Gasteiger partial charge < -0.3 is 5.32 Å². The normalized spacial score (nSPS) is 11.2. The molecule has 3 aromatic rings. The summed E-state index contributed by atoms with van der Waals surface area (Å²) in [6, 6.07) is 12.4. The molecule has 0 saturated heterocycles. The number of pyridine rings is 1. The van der Waals surface area contributed by atoms with Crippen LogP contribution in [0.3, 0.4) is 0 Å². The van der Waals surface area contributed by atoms with E-state index in [9.17, 15) is 0 Å². The topological polar surface area (TPSA) is 42.7 Å². The van der Waals surface area contributed by atoms with E-state index >= 15 is 0 Å². The number of aryl methyl sites for hydroxylation is 2. The van der Waals surface area contributed by atoms with E-state index in [1.807, 2.05) is 36.9 Å². The zero-order chi connectivity index (χ0) is 14.1. The highest BCUT2D eigenvalue weighted by atomic mass is 15.3. The standard InChI is InChI=1S/C16H18N4/c1-11-8-12(2)20(19-11)16-9-13(10-17-3)14-6-4-5-7-15(14)18-16/h4-9,17H,10H2,1-3H3. The van der Waals surface area contributed by atoms with Crippen molar-refractivity contribution in [1.82, 2.24) is 20.1 Å². The van der Waals surface area contributed by atoms with Crippen molar-refractivity contribution in [3.05, 3.63) is 53.3 Å². The SMILES string of the molecule is CNCc1cc(-n2nc(C)cc2C)nc2ccccc12. The van der Waals surface area contributed by atoms with Crippen LogP contribution < -0.4 is 5.32 Å². The number of benzene rings is 1. The Morgan fingerprint density at radius 2 is 1.95 bits per heavy atom. The number of nitrogens with zero attached hydrogens (tertiary/aromatic N) is 3. The maximum absolute atomic E-state index is 4.74. The highest BCUT2D eigenvalue weighted by Crippen LogP contribution is 2.21. The van der Waals surface area contributed by atoms with Gasteiger partial charge in [0, 0.05) is 17.6 Å². The fourth-order valence-electron chi connectivity index (χ4n) is 2.54. The predicted octanol–water partition coefficient (Wildman–Crippen LogP) is 2.76. The molecular formula is C16H18N4. The summed E-state index contributed by atoms with van der Waals surface area (Å²) < 4.78 is 1.90. The molecule has 0 atom stereocenters. The van der Waals surface area contributed by atoms with E-state index in [4.69, 9.17) is 4.98 Å². The summed E-state index contributed by atoms with van der Waals surface area (Å²) in [5, 5.41) is 8.93. The van der Waals surface area contributed by atoms with Crippen LogP contribution >= 0.6 is 0 Å². The zero-order valence-electron chi connectivity index (χ0n) is 12.0. The first kappa shape index (κ1) is 12.8. The van der Waals surface area contributed by atoms with Crippen molar-refractivity contribution in [2.24, 2.45) is 0 Å². The van der Waals surface area contributed by atoms with E-state index in [1.54, 1.807) is 0 Å². The van der Waals surface area contributed by atoms with Crippen LogP contribution in [-0.4, -0.2) is 21.8 Å². The van der Waals surface area contributed by atoms with Gasteiger partial charge in [0.15, 0.2) is 5.82 Å². The van der Waals surface area contributed by atoms with Gasteiger partial charge in [-0.1, -0.05) is 18.2 Å². The lowest BCUT2D eigenvalue weighted by atomic mass is 10.1. The van der Waals surface area contributed by atoms with Gasteiger partial charge in [0.05, 0.1) is 11.2 Å². The van der Waals surface area contributed by atoms with Gasteiger partial charge in [0.1, 0.15) is 0 Å². The smallest absolute Gasteiger partial charge is 0.154 e. The van der Waals surface area contributed by atoms with Crippen molar-refractivity contribution >= 4 is 10.9 Å². The van der Waals surface area contributed by atoms with Crippen molar-refractivity contribution in [1.29, 1.82) is 0 Å². The maximum Gasteiger partial charge on any atom is 0.154 e. The Balaban J connectivity index is 2.24. The molecule has 0 unspecified atom stereocenters. The lowest BCUT2D eigenvalue weighted by Crippen LogP contribution is -2.09. The Kier molecular flexibility index (Phi) is 3.24. The highest BCUT2D eigenvalue weighted by molar-refractivity contribution is 5.83. The second kappa shape index (κ2) is 5.06. The Labute approximate surface area is 118 Å². The van der Waals surface area contributed by atoms with E-state index in [1.165, 1.54) is 10.9 Å². The average molecular weight is 266 g/mol. The second-order valence-corrected chi connectivity index (χ2v) is 5.03. The first-order valence-corrected chi connectivity index (χ1v) is 6.76. The van der Waals surface area contributed by atoms with Crippen LogP contribution in [-0.2, 0) is 6.54 Å². The Hall–Kier alpha value is -2.20. The van der Waals surface area contributed by atoms with Gasteiger partial charge in [0.2, 0.25) is 0 Å². The summed E-state index contributed by atoms with van der Waals surface area (Å²) in [4.78, 5) is 4.74. The minimum Gasteiger partial charge on any atom is -0.316 e. The Morgan fingerprint density at radius 3 is 2.65 bits per heavy atom. The van der Waals surface area contributed by atoms with E-state index in [-0.39, 0.29) is 0 Å². The molecule has 2 heterocycles. The Morgan fingerprint density at radius 1 is 1.15 bits per heavy atom. The van der Waals surface area contributed by atoms with Crippen LogP contribution in [0.2, 0.25) is 0 Å². The van der Waals surface area contributed by atoms with Crippen molar-refractivity contribution in [3.8, 4) is 5.82 Å². The summed E-state index contributed by atoms with van der Waals surface area (Å²) in [6.07, 6.45) is 0. The number of aromatic nitrogens is 3. The molecule has 2 aromatic heterocycles. The lowest BCUT2D eigenvalue weighted by Gasteiger charge is -2.10. The van der Waals surface area contributed by atoms with Gasteiger partial charge in [-0.2, -0.15) is 5.10 Å². The molecule has 0 amide bonds. The number of hydrogen-bond donors (Lipinski definition) is 1. The molecule has 1 N–H and O–H groups in total. The molecule has 0 saturated carbocycles. The molecule has 0 fully saturated rings. The Bertz CT molecular complexity index is 758. The molecule has 102 valence electrons. The molecule has 1 aromatic carbocycles. The molecule has 0 aliphatic rings. The van der Waals surface area contributed by atoms with Gasteiger partial charge >= 0.3 is 0 Å². The molecular weight excluding hydrogens is 248 g/mol. The van der Waals surface area contributed by atoms with Gasteiger partial charge in [-0.15, -0.1) is 0 Å². The third-order valence-electron chi connectivity index (χ3n) is 3.38.